The zero-order valence-electron chi connectivity index (χ0n) is 14.1. The third-order valence-electron chi connectivity index (χ3n) is 4.76. The van der Waals surface area contributed by atoms with Crippen LogP contribution in [0.4, 0.5) is 0 Å². The van der Waals surface area contributed by atoms with Gasteiger partial charge in [0.2, 0.25) is 0 Å². The highest BCUT2D eigenvalue weighted by atomic mass is 16.5. The fourth-order valence-electron chi connectivity index (χ4n) is 3.86. The van der Waals surface area contributed by atoms with Crippen molar-refractivity contribution in [2.24, 2.45) is 17.8 Å². The van der Waals surface area contributed by atoms with Crippen LogP contribution in [0, 0.1) is 17.8 Å². The molecule has 1 N–H and O–H groups in total. The molecule has 118 valence electrons. The molecular formula is C19H30O2. The number of para-hydroxylation sites is 1. The van der Waals surface area contributed by atoms with E-state index in [4.69, 9.17) is 4.74 Å². The number of aliphatic hydroxyl groups is 1. The Bertz CT molecular complexity index is 466. The molecule has 0 radical (unpaired) electrons. The minimum atomic E-state index is -0.767. The molecule has 1 aliphatic carbocycles. The summed E-state index contributed by atoms with van der Waals surface area (Å²) < 4.78 is 5.97. The lowest BCUT2D eigenvalue weighted by molar-refractivity contribution is -0.0882. The monoisotopic (exact) mass is 290 g/mol. The van der Waals surface area contributed by atoms with E-state index in [9.17, 15) is 5.11 Å². The van der Waals surface area contributed by atoms with Crippen molar-refractivity contribution in [2.45, 2.75) is 65.6 Å². The predicted octanol–water partition coefficient (Wildman–Crippen LogP) is 4.75. The van der Waals surface area contributed by atoms with Gasteiger partial charge < -0.3 is 9.84 Å². The molecule has 1 aromatic rings. The summed E-state index contributed by atoms with van der Waals surface area (Å²) in [6, 6.07) is 8.04. The maximum absolute atomic E-state index is 11.6. The van der Waals surface area contributed by atoms with Gasteiger partial charge in [-0.1, -0.05) is 45.4 Å². The van der Waals surface area contributed by atoms with Crippen molar-refractivity contribution in [3.05, 3.63) is 29.8 Å². The molecule has 2 nitrogen and oxygen atoms in total. The first-order chi connectivity index (χ1) is 9.84. The fraction of sp³-hybridized carbons (Fsp3) is 0.684. The van der Waals surface area contributed by atoms with E-state index < -0.39 is 5.60 Å². The SMILES string of the molecule is CC1CCC(C(C)C)C(O)(c2ccccc2OC(C)C)C1. The molecule has 0 heterocycles. The molecular weight excluding hydrogens is 260 g/mol. The minimum Gasteiger partial charge on any atom is -0.491 e. The van der Waals surface area contributed by atoms with Crippen molar-refractivity contribution >= 4 is 0 Å². The van der Waals surface area contributed by atoms with Crippen LogP contribution in [-0.2, 0) is 5.60 Å². The molecule has 1 aromatic carbocycles. The Morgan fingerprint density at radius 1 is 1.14 bits per heavy atom. The van der Waals surface area contributed by atoms with Crippen LogP contribution in [0.5, 0.6) is 5.75 Å². The van der Waals surface area contributed by atoms with Crippen molar-refractivity contribution in [1.82, 2.24) is 0 Å². The molecule has 3 atom stereocenters. The van der Waals surface area contributed by atoms with E-state index in [1.165, 1.54) is 6.42 Å². The standard InChI is InChI=1S/C19H30O2/c1-13(2)16-11-10-15(5)12-19(16,20)17-8-6-7-9-18(17)21-14(3)4/h6-9,13-16,20H,10-12H2,1-5H3. The molecule has 0 amide bonds. The van der Waals surface area contributed by atoms with Crippen molar-refractivity contribution in [3.8, 4) is 5.75 Å². The lowest BCUT2D eigenvalue weighted by Crippen LogP contribution is -2.43. The van der Waals surface area contributed by atoms with Crippen LogP contribution in [0.1, 0.15) is 59.4 Å². The number of rotatable bonds is 4. The number of hydrogen-bond acceptors (Lipinski definition) is 2. The highest BCUT2D eigenvalue weighted by Crippen LogP contribution is 2.49. The third-order valence-corrected chi connectivity index (χ3v) is 4.76. The lowest BCUT2D eigenvalue weighted by atomic mass is 9.64. The van der Waals surface area contributed by atoms with Gasteiger partial charge >= 0.3 is 0 Å². The second kappa shape index (κ2) is 6.39. The predicted molar refractivity (Wildman–Crippen MR) is 87.4 cm³/mol. The average Bonchev–Trinajstić information content (AvgIpc) is 2.37. The summed E-state index contributed by atoms with van der Waals surface area (Å²) in [5, 5.41) is 11.6. The zero-order valence-corrected chi connectivity index (χ0v) is 14.1. The normalized spacial score (nSPS) is 29.9. The van der Waals surface area contributed by atoms with Crippen LogP contribution in [0.25, 0.3) is 0 Å². The van der Waals surface area contributed by atoms with Gasteiger partial charge in [-0.05, 0) is 50.5 Å². The summed E-state index contributed by atoms with van der Waals surface area (Å²) in [4.78, 5) is 0. The highest BCUT2D eigenvalue weighted by Gasteiger charge is 2.45. The summed E-state index contributed by atoms with van der Waals surface area (Å²) in [5.74, 6) is 2.16. The molecule has 0 spiro atoms. The molecule has 2 rings (SSSR count). The van der Waals surface area contributed by atoms with Crippen LogP contribution in [0.15, 0.2) is 24.3 Å². The Morgan fingerprint density at radius 2 is 1.81 bits per heavy atom. The first kappa shape index (κ1) is 16.4. The Hall–Kier alpha value is -1.02. The van der Waals surface area contributed by atoms with Crippen LogP contribution < -0.4 is 4.74 Å². The molecule has 0 bridgehead atoms. The quantitative estimate of drug-likeness (QED) is 0.866. The average molecular weight is 290 g/mol. The van der Waals surface area contributed by atoms with Crippen LogP contribution in [0.2, 0.25) is 0 Å². The second-order valence-corrected chi connectivity index (χ2v) is 7.32. The van der Waals surface area contributed by atoms with Gasteiger partial charge in [-0.25, -0.2) is 0 Å². The lowest BCUT2D eigenvalue weighted by Gasteiger charge is -2.45. The largest absolute Gasteiger partial charge is 0.491 e. The first-order valence-electron chi connectivity index (χ1n) is 8.33. The number of hydrogen-bond donors (Lipinski definition) is 1. The second-order valence-electron chi connectivity index (χ2n) is 7.32. The van der Waals surface area contributed by atoms with Gasteiger partial charge in [0.15, 0.2) is 0 Å². The Kier molecular flexibility index (Phi) is 4.98. The van der Waals surface area contributed by atoms with Crippen molar-refractivity contribution in [1.29, 1.82) is 0 Å². The molecule has 1 saturated carbocycles. The van der Waals surface area contributed by atoms with Crippen molar-refractivity contribution < 1.29 is 9.84 Å². The summed E-state index contributed by atoms with van der Waals surface area (Å²) in [7, 11) is 0. The fourth-order valence-corrected chi connectivity index (χ4v) is 3.86. The first-order valence-corrected chi connectivity index (χ1v) is 8.33. The summed E-state index contributed by atoms with van der Waals surface area (Å²) in [5.41, 5.74) is 0.209. The smallest absolute Gasteiger partial charge is 0.125 e. The van der Waals surface area contributed by atoms with E-state index in [-0.39, 0.29) is 6.10 Å². The molecule has 0 aliphatic heterocycles. The van der Waals surface area contributed by atoms with Crippen molar-refractivity contribution in [3.63, 3.8) is 0 Å². The molecule has 21 heavy (non-hydrogen) atoms. The molecule has 2 heteroatoms. The molecule has 1 fully saturated rings. The van der Waals surface area contributed by atoms with E-state index in [1.807, 2.05) is 38.1 Å². The van der Waals surface area contributed by atoms with Crippen molar-refractivity contribution in [2.75, 3.05) is 0 Å². The Balaban J connectivity index is 2.44. The minimum absolute atomic E-state index is 0.119. The molecule has 0 aromatic heterocycles. The Morgan fingerprint density at radius 3 is 2.43 bits per heavy atom. The van der Waals surface area contributed by atoms with Gasteiger partial charge in [0.05, 0.1) is 11.7 Å². The van der Waals surface area contributed by atoms with E-state index in [1.54, 1.807) is 0 Å². The topological polar surface area (TPSA) is 29.5 Å². The van der Waals surface area contributed by atoms with Gasteiger partial charge in [-0.3, -0.25) is 0 Å². The molecule has 1 aliphatic rings. The van der Waals surface area contributed by atoms with Gasteiger partial charge in [-0.15, -0.1) is 0 Å². The van der Waals surface area contributed by atoms with E-state index in [2.05, 4.69) is 20.8 Å². The van der Waals surface area contributed by atoms with E-state index in [0.29, 0.717) is 17.8 Å². The van der Waals surface area contributed by atoms with Crippen LogP contribution in [-0.4, -0.2) is 11.2 Å². The van der Waals surface area contributed by atoms with Crippen LogP contribution in [0.3, 0.4) is 0 Å². The van der Waals surface area contributed by atoms with E-state index in [0.717, 1.165) is 24.2 Å². The van der Waals surface area contributed by atoms with E-state index >= 15 is 0 Å². The van der Waals surface area contributed by atoms with Gasteiger partial charge in [-0.2, -0.15) is 0 Å². The summed E-state index contributed by atoms with van der Waals surface area (Å²) in [6.07, 6.45) is 3.24. The maximum Gasteiger partial charge on any atom is 0.125 e. The zero-order chi connectivity index (χ0) is 15.6. The Labute approximate surface area is 129 Å². The van der Waals surface area contributed by atoms with Gasteiger partial charge in [0.25, 0.3) is 0 Å². The highest BCUT2D eigenvalue weighted by molar-refractivity contribution is 5.39. The number of ether oxygens (including phenoxy) is 1. The molecule has 0 saturated heterocycles. The summed E-state index contributed by atoms with van der Waals surface area (Å²) >= 11 is 0. The summed E-state index contributed by atoms with van der Waals surface area (Å²) in [6.45, 7) is 10.7. The van der Waals surface area contributed by atoms with Gasteiger partial charge in [0.1, 0.15) is 5.75 Å². The number of benzene rings is 1. The molecule has 3 unspecified atom stereocenters. The third kappa shape index (κ3) is 3.42. The van der Waals surface area contributed by atoms with Gasteiger partial charge in [0, 0.05) is 5.56 Å². The maximum atomic E-state index is 11.6. The van der Waals surface area contributed by atoms with Crippen LogP contribution >= 0.6 is 0 Å².